The number of nitrogens with two attached hydrogens (primary N) is 1. The Morgan fingerprint density at radius 1 is 0.392 bits per heavy atom. The fraction of sp³-hybridized carbons (Fsp3) is 0.739. The van der Waals surface area contributed by atoms with Crippen molar-refractivity contribution in [2.75, 3.05) is 26.4 Å². The van der Waals surface area contributed by atoms with E-state index in [0.717, 1.165) is 89.9 Å². The van der Waals surface area contributed by atoms with Crippen molar-refractivity contribution in [2.24, 2.45) is 5.73 Å². The lowest BCUT2D eigenvalue weighted by molar-refractivity contribution is -0.161. The highest BCUT2D eigenvalue weighted by Crippen LogP contribution is 2.43. The molecular formula is C69H122NO8P. The van der Waals surface area contributed by atoms with Crippen molar-refractivity contribution in [1.29, 1.82) is 0 Å². The molecule has 0 aromatic rings. The van der Waals surface area contributed by atoms with Gasteiger partial charge in [0.25, 0.3) is 0 Å². The minimum atomic E-state index is -4.39. The number of unbranched alkanes of at least 4 members (excludes halogenated alkanes) is 32. The molecule has 0 aromatic carbocycles. The van der Waals surface area contributed by atoms with Crippen LogP contribution < -0.4 is 5.73 Å². The van der Waals surface area contributed by atoms with Gasteiger partial charge in [0, 0.05) is 19.4 Å². The number of hydrogen-bond donors (Lipinski definition) is 2. The zero-order chi connectivity index (χ0) is 57.3. The molecule has 9 nitrogen and oxygen atoms in total. The molecule has 0 spiro atoms. The maximum Gasteiger partial charge on any atom is 0.472 e. The Hall–Kier alpha value is -3.07. The number of allylic oxidation sites excluding steroid dienone is 16. The number of carbonyl (C=O) groups excluding carboxylic acids is 2. The lowest BCUT2D eigenvalue weighted by atomic mass is 10.0. The molecule has 0 rings (SSSR count). The van der Waals surface area contributed by atoms with Crippen molar-refractivity contribution in [1.82, 2.24) is 0 Å². The first kappa shape index (κ1) is 75.9. The van der Waals surface area contributed by atoms with E-state index in [1.807, 2.05) is 0 Å². The van der Waals surface area contributed by atoms with Gasteiger partial charge in [0.15, 0.2) is 6.10 Å². The molecule has 2 atom stereocenters. The number of ether oxygens (including phenoxy) is 2. The molecule has 3 N–H and O–H groups in total. The third-order valence-electron chi connectivity index (χ3n) is 14.0. The number of esters is 2. The standard InChI is InChI=1S/C69H122NO8P/c1-3-5-7-9-11-13-15-17-19-21-23-25-26-27-28-29-30-31-32-33-34-35-36-37-38-39-40-42-44-46-48-50-52-54-56-58-60-62-69(72)78-67(66-77-79(73,74)76-64-63-70)65-75-68(71)61-59-57-55-53-51-49-47-45-43-41-24-22-20-18-16-14-12-10-8-6-4-2/h5,7,11,13,17,19,23,25,27-28,30-31,33-34,36-37,67H,3-4,6,8-10,12,14-16,18,20-22,24,26,29,32,35,38-66,70H2,1-2H3,(H,73,74)/b7-5-,13-11-,19-17-,25-23-,28-27-,31-30-,34-33-,37-36-. The normalized spacial score (nSPS) is 13.6. The van der Waals surface area contributed by atoms with Crippen LogP contribution in [0.2, 0.25) is 0 Å². The highest BCUT2D eigenvalue weighted by molar-refractivity contribution is 7.47. The predicted molar refractivity (Wildman–Crippen MR) is 339 cm³/mol. The van der Waals surface area contributed by atoms with E-state index >= 15 is 0 Å². The fourth-order valence-corrected chi connectivity index (χ4v) is 9.95. The summed E-state index contributed by atoms with van der Waals surface area (Å²) in [6.45, 7) is 3.66. The van der Waals surface area contributed by atoms with Gasteiger partial charge in [-0.3, -0.25) is 18.6 Å². The molecule has 2 unspecified atom stereocenters. The van der Waals surface area contributed by atoms with Crippen LogP contribution in [0, 0.1) is 0 Å². The summed E-state index contributed by atoms with van der Waals surface area (Å²) in [5.41, 5.74) is 5.39. The van der Waals surface area contributed by atoms with Gasteiger partial charge in [0.2, 0.25) is 0 Å². The Balaban J connectivity index is 3.92. The van der Waals surface area contributed by atoms with E-state index < -0.39 is 26.5 Å². The minimum Gasteiger partial charge on any atom is -0.462 e. The number of hydrogen-bond acceptors (Lipinski definition) is 8. The molecular weight excluding hydrogens is 1000 g/mol. The molecule has 0 bridgehead atoms. The zero-order valence-electron chi connectivity index (χ0n) is 51.1. The van der Waals surface area contributed by atoms with E-state index in [2.05, 4.69) is 111 Å². The summed E-state index contributed by atoms with van der Waals surface area (Å²) in [7, 11) is -4.39. The smallest absolute Gasteiger partial charge is 0.462 e. The maximum atomic E-state index is 12.7. The van der Waals surface area contributed by atoms with E-state index in [9.17, 15) is 19.0 Å². The minimum absolute atomic E-state index is 0.0514. The monoisotopic (exact) mass is 1120 g/mol. The molecule has 0 aliphatic carbocycles. The van der Waals surface area contributed by atoms with E-state index in [1.165, 1.54) is 173 Å². The first-order valence-electron chi connectivity index (χ1n) is 32.7. The molecule has 0 amide bonds. The van der Waals surface area contributed by atoms with Crippen molar-refractivity contribution in [3.05, 3.63) is 97.2 Å². The van der Waals surface area contributed by atoms with Crippen LogP contribution in [0.1, 0.15) is 296 Å². The first-order chi connectivity index (χ1) is 38.8. The summed E-state index contributed by atoms with van der Waals surface area (Å²) >= 11 is 0. The number of rotatable bonds is 61. The van der Waals surface area contributed by atoms with Crippen LogP contribution in [0.4, 0.5) is 0 Å². The molecule has 0 fully saturated rings. The van der Waals surface area contributed by atoms with Crippen molar-refractivity contribution in [2.45, 2.75) is 302 Å². The molecule has 0 aliphatic rings. The second kappa shape index (κ2) is 64.1. The van der Waals surface area contributed by atoms with E-state index in [4.69, 9.17) is 24.3 Å². The van der Waals surface area contributed by atoms with Gasteiger partial charge in [-0.2, -0.15) is 0 Å². The summed E-state index contributed by atoms with van der Waals surface area (Å²) in [6, 6.07) is 0. The van der Waals surface area contributed by atoms with Crippen LogP contribution in [-0.4, -0.2) is 49.3 Å². The van der Waals surface area contributed by atoms with Crippen molar-refractivity contribution >= 4 is 19.8 Å². The SMILES string of the molecule is CC/C=C\C/C=C\C/C=C\C/C=C\C/C=C\C/C=C\C/C=C\C/C=C\CCCCCCCCCCCCCCC(=O)OC(COC(=O)CCCCCCCCCCCCCCCCCCCCCCC)COP(=O)(O)OCCN. The fourth-order valence-electron chi connectivity index (χ4n) is 9.18. The third-order valence-corrected chi connectivity index (χ3v) is 15.0. The Labute approximate surface area is 486 Å². The van der Waals surface area contributed by atoms with Crippen LogP contribution in [-0.2, 0) is 32.7 Å². The highest BCUT2D eigenvalue weighted by atomic mass is 31.2. The number of phosphoric ester groups is 1. The molecule has 79 heavy (non-hydrogen) atoms. The van der Waals surface area contributed by atoms with E-state index in [0.29, 0.717) is 6.42 Å². The zero-order valence-corrected chi connectivity index (χ0v) is 52.0. The number of carbonyl (C=O) groups is 2. The lowest BCUT2D eigenvalue weighted by Gasteiger charge is -2.19. The van der Waals surface area contributed by atoms with Crippen LogP contribution >= 0.6 is 7.82 Å². The van der Waals surface area contributed by atoms with Crippen LogP contribution in [0.25, 0.3) is 0 Å². The molecule has 0 aromatic heterocycles. The topological polar surface area (TPSA) is 134 Å². The summed E-state index contributed by atoms with van der Waals surface area (Å²) in [6.07, 6.45) is 86.2. The van der Waals surface area contributed by atoms with Gasteiger partial charge < -0.3 is 20.1 Å². The average Bonchev–Trinajstić information content (AvgIpc) is 3.44. The predicted octanol–water partition coefficient (Wildman–Crippen LogP) is 21.2. The van der Waals surface area contributed by atoms with E-state index in [1.54, 1.807) is 0 Å². The Kier molecular flexibility index (Phi) is 61.6. The molecule has 0 aliphatic heterocycles. The Morgan fingerprint density at radius 3 is 1.04 bits per heavy atom. The highest BCUT2D eigenvalue weighted by Gasteiger charge is 2.26. The second-order valence-electron chi connectivity index (χ2n) is 21.6. The Morgan fingerprint density at radius 2 is 0.696 bits per heavy atom. The Bertz CT molecular complexity index is 1610. The first-order valence-corrected chi connectivity index (χ1v) is 34.2. The van der Waals surface area contributed by atoms with Crippen molar-refractivity contribution in [3.63, 3.8) is 0 Å². The van der Waals surface area contributed by atoms with Gasteiger partial charge in [-0.05, 0) is 77.0 Å². The summed E-state index contributed by atoms with van der Waals surface area (Å²) in [5, 5.41) is 0. The largest absolute Gasteiger partial charge is 0.472 e. The summed E-state index contributed by atoms with van der Waals surface area (Å²) in [4.78, 5) is 35.3. The van der Waals surface area contributed by atoms with Crippen LogP contribution in [0.15, 0.2) is 97.2 Å². The van der Waals surface area contributed by atoms with E-state index in [-0.39, 0.29) is 38.6 Å². The second-order valence-corrected chi connectivity index (χ2v) is 23.1. The van der Waals surface area contributed by atoms with Crippen LogP contribution in [0.3, 0.4) is 0 Å². The van der Waals surface area contributed by atoms with Crippen molar-refractivity contribution in [3.8, 4) is 0 Å². The molecule has 456 valence electrons. The average molecular weight is 1120 g/mol. The molecule has 0 saturated carbocycles. The summed E-state index contributed by atoms with van der Waals surface area (Å²) in [5.74, 6) is -0.821. The molecule has 0 heterocycles. The van der Waals surface area contributed by atoms with Crippen LogP contribution in [0.5, 0.6) is 0 Å². The van der Waals surface area contributed by atoms with Gasteiger partial charge in [-0.1, -0.05) is 304 Å². The molecule has 0 radical (unpaired) electrons. The molecule has 0 saturated heterocycles. The maximum absolute atomic E-state index is 12.7. The van der Waals surface area contributed by atoms with Gasteiger partial charge in [0.1, 0.15) is 6.61 Å². The quantitative estimate of drug-likeness (QED) is 0.0264. The van der Waals surface area contributed by atoms with Gasteiger partial charge in [-0.15, -0.1) is 0 Å². The summed E-state index contributed by atoms with van der Waals surface area (Å²) < 4.78 is 33.1. The van der Waals surface area contributed by atoms with Gasteiger partial charge >= 0.3 is 19.8 Å². The number of phosphoric acid groups is 1. The van der Waals surface area contributed by atoms with Crippen molar-refractivity contribution < 1.29 is 37.6 Å². The lowest BCUT2D eigenvalue weighted by Crippen LogP contribution is -2.29. The third kappa shape index (κ3) is 64.0. The van der Waals surface area contributed by atoms with Gasteiger partial charge in [-0.25, -0.2) is 4.57 Å². The molecule has 10 heteroatoms. The van der Waals surface area contributed by atoms with Gasteiger partial charge in [0.05, 0.1) is 13.2 Å².